The number of methoxy groups -OCH3 is 1. The Morgan fingerprint density at radius 2 is 1.50 bits per heavy atom. The highest BCUT2D eigenvalue weighted by Gasteiger charge is 2.28. The lowest BCUT2D eigenvalue weighted by atomic mass is 10.0. The van der Waals surface area contributed by atoms with E-state index < -0.39 is 32.5 Å². The van der Waals surface area contributed by atoms with Crippen molar-refractivity contribution in [2.45, 2.75) is 49.4 Å². The van der Waals surface area contributed by atoms with Crippen molar-refractivity contribution in [3.05, 3.63) is 78.4 Å². The molecule has 204 valence electrons. The van der Waals surface area contributed by atoms with E-state index in [-0.39, 0.29) is 33.2 Å². The molecule has 0 saturated carbocycles. The van der Waals surface area contributed by atoms with Gasteiger partial charge in [-0.15, -0.1) is 0 Å². The van der Waals surface area contributed by atoms with Gasteiger partial charge in [-0.1, -0.05) is 44.2 Å². The molecule has 0 aromatic heterocycles. The van der Waals surface area contributed by atoms with Gasteiger partial charge < -0.3 is 10.1 Å². The smallest absolute Gasteiger partial charge is 0.264 e. The minimum absolute atomic E-state index is 0.0335. The van der Waals surface area contributed by atoms with Gasteiger partial charge in [-0.3, -0.25) is 9.10 Å². The molecule has 0 heterocycles. The Morgan fingerprint density at radius 3 is 2.05 bits per heavy atom. The fourth-order valence-corrected chi connectivity index (χ4v) is 6.43. The van der Waals surface area contributed by atoms with E-state index in [1.54, 1.807) is 44.2 Å². The van der Waals surface area contributed by atoms with Crippen LogP contribution in [0.4, 0.5) is 11.4 Å². The highest BCUT2D eigenvalue weighted by Crippen LogP contribution is 2.29. The minimum Gasteiger partial charge on any atom is -0.495 e. The number of nitrogens with one attached hydrogen (secondary N) is 2. The number of rotatable bonds is 11. The molecule has 1 amide bonds. The van der Waals surface area contributed by atoms with Gasteiger partial charge in [-0.25, -0.2) is 21.6 Å². The van der Waals surface area contributed by atoms with E-state index in [0.29, 0.717) is 5.69 Å². The first kappa shape index (κ1) is 29.2. The molecule has 3 rings (SSSR count). The number of benzene rings is 3. The van der Waals surface area contributed by atoms with E-state index >= 15 is 0 Å². The zero-order valence-corrected chi connectivity index (χ0v) is 23.6. The normalized spacial score (nSPS) is 12.0. The summed E-state index contributed by atoms with van der Waals surface area (Å²) in [6.07, 6.45) is 0. The van der Waals surface area contributed by atoms with Gasteiger partial charge in [0.2, 0.25) is 15.9 Å². The Kier molecular flexibility index (Phi) is 9.18. The number of amides is 1. The topological polar surface area (TPSA) is 122 Å². The summed E-state index contributed by atoms with van der Waals surface area (Å²) in [7, 11) is -6.56. The highest BCUT2D eigenvalue weighted by molar-refractivity contribution is 7.92. The first-order valence-corrected chi connectivity index (χ1v) is 15.0. The number of carbonyl (C=O) groups excluding carboxylic acids is 1. The van der Waals surface area contributed by atoms with E-state index in [4.69, 9.17) is 4.74 Å². The summed E-state index contributed by atoms with van der Waals surface area (Å²) in [6, 6.07) is 18.5. The quantitative estimate of drug-likeness (QED) is 0.360. The summed E-state index contributed by atoms with van der Waals surface area (Å²) in [5, 5.41) is 2.62. The fraction of sp³-hybridized carbons (Fsp3) is 0.296. The van der Waals surface area contributed by atoms with Crippen LogP contribution in [0.2, 0.25) is 0 Å². The van der Waals surface area contributed by atoms with Crippen LogP contribution < -0.4 is 19.1 Å². The maximum absolute atomic E-state index is 13.6. The lowest BCUT2D eigenvalue weighted by Crippen LogP contribution is -2.38. The Labute approximate surface area is 224 Å². The molecule has 9 nitrogen and oxygen atoms in total. The van der Waals surface area contributed by atoms with Crippen LogP contribution in [0.3, 0.4) is 0 Å². The monoisotopic (exact) mass is 559 g/mol. The number of carbonyl (C=O) groups is 1. The predicted octanol–water partition coefficient (Wildman–Crippen LogP) is 4.34. The second-order valence-electron chi connectivity index (χ2n) is 9.26. The van der Waals surface area contributed by atoms with Crippen LogP contribution in [0.1, 0.15) is 39.2 Å². The van der Waals surface area contributed by atoms with E-state index in [9.17, 15) is 21.6 Å². The fourth-order valence-electron chi connectivity index (χ4n) is 3.71. The van der Waals surface area contributed by atoms with Gasteiger partial charge in [0.05, 0.1) is 28.3 Å². The van der Waals surface area contributed by atoms with Crippen LogP contribution in [0, 0.1) is 0 Å². The van der Waals surface area contributed by atoms with Crippen LogP contribution in [0.15, 0.2) is 82.6 Å². The molecule has 11 heteroatoms. The average molecular weight is 560 g/mol. The molecule has 0 saturated heterocycles. The van der Waals surface area contributed by atoms with Crippen molar-refractivity contribution in [2.75, 3.05) is 23.3 Å². The molecule has 0 bridgehead atoms. The van der Waals surface area contributed by atoms with Crippen molar-refractivity contribution in [3.63, 3.8) is 0 Å². The second-order valence-corrected chi connectivity index (χ2v) is 12.8. The second kappa shape index (κ2) is 12.0. The van der Waals surface area contributed by atoms with E-state index in [1.165, 1.54) is 37.4 Å². The van der Waals surface area contributed by atoms with Gasteiger partial charge in [-0.2, -0.15) is 0 Å². The summed E-state index contributed by atoms with van der Waals surface area (Å²) in [6.45, 7) is 6.89. The highest BCUT2D eigenvalue weighted by atomic mass is 32.2. The van der Waals surface area contributed by atoms with Crippen molar-refractivity contribution >= 4 is 37.3 Å². The van der Waals surface area contributed by atoms with Crippen LogP contribution in [0.25, 0.3) is 0 Å². The SMILES string of the molecule is COc1ccc(S(=O)(=O)NC(C)C)cc1NC(=O)CN(c1ccc(C(C)C)cc1)S(=O)(=O)c1ccccc1. The van der Waals surface area contributed by atoms with Crippen molar-refractivity contribution in [2.24, 2.45) is 0 Å². The van der Waals surface area contributed by atoms with Crippen molar-refractivity contribution < 1.29 is 26.4 Å². The van der Waals surface area contributed by atoms with Crippen molar-refractivity contribution in [1.29, 1.82) is 0 Å². The number of nitrogens with zero attached hydrogens (tertiary/aromatic N) is 1. The maximum atomic E-state index is 13.6. The molecule has 0 atom stereocenters. The molecule has 0 aliphatic heterocycles. The summed E-state index contributed by atoms with van der Waals surface area (Å²) in [5.74, 6) is -0.213. The molecule has 0 unspecified atom stereocenters. The Balaban J connectivity index is 1.97. The lowest BCUT2D eigenvalue weighted by molar-refractivity contribution is -0.114. The number of ether oxygens (including phenoxy) is 1. The molecule has 3 aromatic rings. The number of hydrogen-bond donors (Lipinski definition) is 2. The third-order valence-corrected chi connectivity index (χ3v) is 9.06. The van der Waals surface area contributed by atoms with Gasteiger partial charge in [0, 0.05) is 6.04 Å². The van der Waals surface area contributed by atoms with E-state index in [2.05, 4.69) is 10.0 Å². The molecule has 0 spiro atoms. The molecule has 2 N–H and O–H groups in total. The number of hydrogen-bond acceptors (Lipinski definition) is 6. The Morgan fingerprint density at radius 1 is 0.868 bits per heavy atom. The molecule has 0 radical (unpaired) electrons. The molecule has 38 heavy (non-hydrogen) atoms. The average Bonchev–Trinajstić information content (AvgIpc) is 2.87. The van der Waals surface area contributed by atoms with Gasteiger partial charge in [0.25, 0.3) is 10.0 Å². The summed E-state index contributed by atoms with van der Waals surface area (Å²) < 4.78 is 61.3. The largest absolute Gasteiger partial charge is 0.495 e. The van der Waals surface area contributed by atoms with Crippen LogP contribution in [-0.2, 0) is 24.8 Å². The molecule has 0 aliphatic rings. The third kappa shape index (κ3) is 6.91. The Bertz CT molecular complexity index is 1470. The summed E-state index contributed by atoms with van der Waals surface area (Å²) >= 11 is 0. The Hall–Kier alpha value is -3.41. The molecular formula is C27H33N3O6S2. The summed E-state index contributed by atoms with van der Waals surface area (Å²) in [4.78, 5) is 13.2. The lowest BCUT2D eigenvalue weighted by Gasteiger charge is -2.25. The van der Waals surface area contributed by atoms with Crippen molar-refractivity contribution in [1.82, 2.24) is 4.72 Å². The first-order valence-electron chi connectivity index (χ1n) is 12.0. The molecular weight excluding hydrogens is 526 g/mol. The van der Waals surface area contributed by atoms with Crippen LogP contribution >= 0.6 is 0 Å². The van der Waals surface area contributed by atoms with Gasteiger partial charge in [-0.05, 0) is 67.8 Å². The predicted molar refractivity (Wildman–Crippen MR) is 149 cm³/mol. The van der Waals surface area contributed by atoms with Gasteiger partial charge >= 0.3 is 0 Å². The van der Waals surface area contributed by atoms with Crippen LogP contribution in [0.5, 0.6) is 5.75 Å². The van der Waals surface area contributed by atoms with E-state index in [0.717, 1.165) is 9.87 Å². The maximum Gasteiger partial charge on any atom is 0.264 e. The summed E-state index contributed by atoms with van der Waals surface area (Å²) in [5.41, 5.74) is 1.43. The van der Waals surface area contributed by atoms with Gasteiger partial charge in [0.1, 0.15) is 12.3 Å². The molecule has 0 fully saturated rings. The van der Waals surface area contributed by atoms with Crippen molar-refractivity contribution in [3.8, 4) is 5.75 Å². The zero-order valence-electron chi connectivity index (χ0n) is 22.0. The first-order chi connectivity index (χ1) is 17.8. The van der Waals surface area contributed by atoms with Crippen LogP contribution in [-0.4, -0.2) is 42.4 Å². The van der Waals surface area contributed by atoms with E-state index in [1.807, 2.05) is 26.0 Å². The number of anilines is 2. The van der Waals surface area contributed by atoms with Gasteiger partial charge in [0.15, 0.2) is 0 Å². The minimum atomic E-state index is -4.10. The third-order valence-electron chi connectivity index (χ3n) is 5.61. The molecule has 3 aromatic carbocycles. The molecule has 0 aliphatic carbocycles. The standard InChI is InChI=1S/C27H33N3O6S2/c1-19(2)21-11-13-22(14-12-21)30(38(34,35)23-9-7-6-8-10-23)18-27(31)28-25-17-24(15-16-26(25)36-5)37(32,33)29-20(3)4/h6-17,19-20,29H,18H2,1-5H3,(H,28,31). The number of sulfonamides is 2. The zero-order chi connectivity index (χ0) is 28.1.